The Kier molecular flexibility index (Phi) is 5.04. The fourth-order valence-electron chi connectivity index (χ4n) is 2.93. The maximum atomic E-state index is 13.1. The maximum Gasteiger partial charge on any atom is 0.259 e. The largest absolute Gasteiger partial charge is 0.322 e. The van der Waals surface area contributed by atoms with Crippen LogP contribution in [0.15, 0.2) is 83.7 Å². The van der Waals surface area contributed by atoms with Gasteiger partial charge in [0.1, 0.15) is 5.69 Å². The van der Waals surface area contributed by atoms with Gasteiger partial charge in [-0.3, -0.25) is 9.78 Å². The number of pyridine rings is 1. The number of hydrogen-bond acceptors (Lipinski definition) is 3. The first kappa shape index (κ1) is 18.1. The fraction of sp³-hybridized carbons (Fsp3) is 0.0455. The lowest BCUT2D eigenvalue weighted by atomic mass is 10.1. The number of aromatic nitrogens is 3. The van der Waals surface area contributed by atoms with Crippen LogP contribution in [0.25, 0.3) is 16.9 Å². The molecule has 2 heterocycles. The minimum atomic E-state index is -0.216. The minimum Gasteiger partial charge on any atom is -0.322 e. The SMILES string of the molecule is Cc1cc(Br)ccc1NC(=O)c1cn(-c2ccccc2)nc1-c1cccnc1. The summed E-state index contributed by atoms with van der Waals surface area (Å²) in [5.41, 5.74) is 4.48. The van der Waals surface area contributed by atoms with E-state index in [0.717, 1.165) is 27.0 Å². The number of hydrogen-bond donors (Lipinski definition) is 1. The number of anilines is 1. The molecule has 4 rings (SSSR count). The zero-order valence-electron chi connectivity index (χ0n) is 15.1. The minimum absolute atomic E-state index is 0.216. The molecule has 0 aliphatic rings. The van der Waals surface area contributed by atoms with E-state index in [4.69, 9.17) is 0 Å². The summed E-state index contributed by atoms with van der Waals surface area (Å²) in [6, 6.07) is 19.2. The van der Waals surface area contributed by atoms with E-state index in [-0.39, 0.29) is 5.91 Å². The standard InChI is InChI=1S/C22H17BrN4O/c1-15-12-17(23)9-10-20(15)25-22(28)19-14-27(18-7-3-2-4-8-18)26-21(19)16-6-5-11-24-13-16/h2-14H,1H3,(H,25,28). The van der Waals surface area contributed by atoms with Gasteiger partial charge in [-0.2, -0.15) is 5.10 Å². The number of benzene rings is 2. The van der Waals surface area contributed by atoms with E-state index >= 15 is 0 Å². The first-order valence-electron chi connectivity index (χ1n) is 8.75. The van der Waals surface area contributed by atoms with Crippen LogP contribution in [0.2, 0.25) is 0 Å². The Balaban J connectivity index is 1.76. The fourth-order valence-corrected chi connectivity index (χ4v) is 3.40. The van der Waals surface area contributed by atoms with E-state index < -0.39 is 0 Å². The van der Waals surface area contributed by atoms with Gasteiger partial charge in [-0.15, -0.1) is 0 Å². The molecule has 28 heavy (non-hydrogen) atoms. The van der Waals surface area contributed by atoms with Gasteiger partial charge in [-0.05, 0) is 55.0 Å². The molecule has 0 spiro atoms. The Morgan fingerprint density at radius 1 is 1.07 bits per heavy atom. The molecule has 1 N–H and O–H groups in total. The average Bonchev–Trinajstić information content (AvgIpc) is 3.17. The summed E-state index contributed by atoms with van der Waals surface area (Å²) in [7, 11) is 0. The van der Waals surface area contributed by atoms with Crippen LogP contribution in [0, 0.1) is 6.92 Å². The van der Waals surface area contributed by atoms with Gasteiger partial charge in [-0.1, -0.05) is 34.1 Å². The quantitative estimate of drug-likeness (QED) is 0.478. The zero-order valence-corrected chi connectivity index (χ0v) is 16.7. The number of amides is 1. The van der Waals surface area contributed by atoms with Crippen LogP contribution >= 0.6 is 15.9 Å². The molecular formula is C22H17BrN4O. The van der Waals surface area contributed by atoms with Crippen molar-refractivity contribution in [1.82, 2.24) is 14.8 Å². The Morgan fingerprint density at radius 2 is 1.89 bits per heavy atom. The number of rotatable bonds is 4. The molecule has 0 aliphatic heterocycles. The number of carbonyl (C=O) groups excluding carboxylic acids is 1. The summed E-state index contributed by atoms with van der Waals surface area (Å²) in [5.74, 6) is -0.216. The molecule has 5 nitrogen and oxygen atoms in total. The van der Waals surface area contributed by atoms with Gasteiger partial charge in [0.05, 0.1) is 11.3 Å². The number of carbonyl (C=O) groups is 1. The third kappa shape index (κ3) is 3.73. The smallest absolute Gasteiger partial charge is 0.259 e. The summed E-state index contributed by atoms with van der Waals surface area (Å²) < 4.78 is 2.68. The predicted octanol–water partition coefficient (Wildman–Crippen LogP) is 5.26. The summed E-state index contributed by atoms with van der Waals surface area (Å²) in [5, 5.41) is 7.65. The van der Waals surface area contributed by atoms with Crippen LogP contribution in [0.4, 0.5) is 5.69 Å². The number of nitrogens with zero attached hydrogens (tertiary/aromatic N) is 3. The van der Waals surface area contributed by atoms with Crippen molar-refractivity contribution in [3.63, 3.8) is 0 Å². The lowest BCUT2D eigenvalue weighted by Gasteiger charge is -2.08. The summed E-state index contributed by atoms with van der Waals surface area (Å²) in [4.78, 5) is 17.3. The van der Waals surface area contributed by atoms with Gasteiger partial charge in [0.15, 0.2) is 0 Å². The molecule has 0 atom stereocenters. The first-order chi connectivity index (χ1) is 13.6. The van der Waals surface area contributed by atoms with Gasteiger partial charge in [-0.25, -0.2) is 4.68 Å². The Morgan fingerprint density at radius 3 is 2.61 bits per heavy atom. The van der Waals surface area contributed by atoms with Gasteiger partial charge < -0.3 is 5.32 Å². The van der Waals surface area contributed by atoms with Gasteiger partial charge in [0.2, 0.25) is 0 Å². The Hall–Kier alpha value is -3.25. The van der Waals surface area contributed by atoms with Crippen molar-refractivity contribution in [2.45, 2.75) is 6.92 Å². The average molecular weight is 433 g/mol. The predicted molar refractivity (Wildman–Crippen MR) is 114 cm³/mol. The highest BCUT2D eigenvalue weighted by Crippen LogP contribution is 2.25. The van der Waals surface area contributed by atoms with E-state index in [1.54, 1.807) is 23.3 Å². The topological polar surface area (TPSA) is 59.8 Å². The molecule has 1 amide bonds. The third-order valence-electron chi connectivity index (χ3n) is 4.35. The van der Waals surface area contributed by atoms with Crippen LogP contribution in [-0.4, -0.2) is 20.7 Å². The molecule has 0 aliphatic carbocycles. The van der Waals surface area contributed by atoms with Crippen molar-refractivity contribution in [2.24, 2.45) is 0 Å². The molecule has 0 fully saturated rings. The molecule has 0 saturated heterocycles. The lowest BCUT2D eigenvalue weighted by molar-refractivity contribution is 0.102. The van der Waals surface area contributed by atoms with Crippen molar-refractivity contribution in [2.75, 3.05) is 5.32 Å². The second-order valence-corrected chi connectivity index (χ2v) is 7.24. The van der Waals surface area contributed by atoms with Gasteiger partial charge in [0, 0.05) is 34.3 Å². The first-order valence-corrected chi connectivity index (χ1v) is 9.54. The summed E-state index contributed by atoms with van der Waals surface area (Å²) in [6.07, 6.45) is 5.16. The van der Waals surface area contributed by atoms with E-state index in [0.29, 0.717) is 11.3 Å². The van der Waals surface area contributed by atoms with E-state index in [2.05, 4.69) is 31.3 Å². The van der Waals surface area contributed by atoms with Gasteiger partial charge in [0.25, 0.3) is 5.91 Å². The Labute approximate surface area is 171 Å². The normalized spacial score (nSPS) is 10.6. The number of para-hydroxylation sites is 1. The molecule has 2 aromatic carbocycles. The molecule has 0 unspecified atom stereocenters. The molecular weight excluding hydrogens is 416 g/mol. The molecule has 0 bridgehead atoms. The molecule has 2 aromatic heterocycles. The summed E-state index contributed by atoms with van der Waals surface area (Å²) >= 11 is 3.45. The van der Waals surface area contributed by atoms with E-state index in [1.807, 2.05) is 67.6 Å². The second kappa shape index (κ2) is 7.78. The lowest BCUT2D eigenvalue weighted by Crippen LogP contribution is -2.13. The number of nitrogens with one attached hydrogen (secondary N) is 1. The highest BCUT2D eigenvalue weighted by atomic mass is 79.9. The monoisotopic (exact) mass is 432 g/mol. The van der Waals surface area contributed by atoms with Crippen LogP contribution in [0.5, 0.6) is 0 Å². The van der Waals surface area contributed by atoms with Crippen molar-refractivity contribution < 1.29 is 4.79 Å². The highest BCUT2D eigenvalue weighted by Gasteiger charge is 2.19. The van der Waals surface area contributed by atoms with Gasteiger partial charge >= 0.3 is 0 Å². The van der Waals surface area contributed by atoms with Crippen LogP contribution in [-0.2, 0) is 0 Å². The van der Waals surface area contributed by atoms with Crippen molar-refractivity contribution in [3.05, 3.63) is 94.9 Å². The van der Waals surface area contributed by atoms with Crippen molar-refractivity contribution in [3.8, 4) is 16.9 Å². The number of aryl methyl sites for hydroxylation is 1. The van der Waals surface area contributed by atoms with Crippen molar-refractivity contribution in [1.29, 1.82) is 0 Å². The molecule has 6 heteroatoms. The molecule has 0 saturated carbocycles. The van der Waals surface area contributed by atoms with E-state index in [9.17, 15) is 4.79 Å². The number of halogens is 1. The zero-order chi connectivity index (χ0) is 19.5. The maximum absolute atomic E-state index is 13.1. The second-order valence-electron chi connectivity index (χ2n) is 6.33. The van der Waals surface area contributed by atoms with Crippen LogP contribution < -0.4 is 5.32 Å². The third-order valence-corrected chi connectivity index (χ3v) is 4.84. The Bertz CT molecular complexity index is 1120. The van der Waals surface area contributed by atoms with Crippen LogP contribution in [0.1, 0.15) is 15.9 Å². The molecule has 0 radical (unpaired) electrons. The van der Waals surface area contributed by atoms with Crippen LogP contribution in [0.3, 0.4) is 0 Å². The van der Waals surface area contributed by atoms with Crippen molar-refractivity contribution >= 4 is 27.5 Å². The van der Waals surface area contributed by atoms with E-state index in [1.165, 1.54) is 0 Å². The highest BCUT2D eigenvalue weighted by molar-refractivity contribution is 9.10. The summed E-state index contributed by atoms with van der Waals surface area (Å²) in [6.45, 7) is 1.95. The molecule has 138 valence electrons. The molecule has 4 aromatic rings.